The van der Waals surface area contributed by atoms with Gasteiger partial charge in [0.25, 0.3) is 5.91 Å². The Morgan fingerprint density at radius 1 is 0.853 bits per heavy atom. The number of thiocarbonyl (C=S) groups is 1. The van der Waals surface area contributed by atoms with E-state index in [0.29, 0.717) is 24.5 Å². The molecule has 0 bridgehead atoms. The van der Waals surface area contributed by atoms with Crippen molar-refractivity contribution in [2.24, 2.45) is 0 Å². The van der Waals surface area contributed by atoms with Gasteiger partial charge in [0.15, 0.2) is 23.2 Å². The van der Waals surface area contributed by atoms with Crippen molar-refractivity contribution in [1.82, 2.24) is 16.2 Å². The molecule has 2 rings (SSSR count). The van der Waals surface area contributed by atoms with Crippen LogP contribution < -0.4 is 25.6 Å². The third-order valence-corrected chi connectivity index (χ3v) is 4.70. The largest absolute Gasteiger partial charge is 0.493 e. The summed E-state index contributed by atoms with van der Waals surface area (Å²) >= 11 is 4.97. The summed E-state index contributed by atoms with van der Waals surface area (Å²) in [5.41, 5.74) is 5.94. The number of aryl methyl sites for hydroxylation is 1. The van der Waals surface area contributed by atoms with Crippen LogP contribution in [0.4, 0.5) is 0 Å². The van der Waals surface area contributed by atoms with Gasteiger partial charge in [-0.05, 0) is 49.2 Å². The average molecular weight is 488 g/mol. The molecule has 0 fully saturated rings. The Hall–Kier alpha value is -3.66. The fourth-order valence-electron chi connectivity index (χ4n) is 2.84. The number of hydrogen-bond donors (Lipinski definition) is 3. The molecule has 34 heavy (non-hydrogen) atoms. The van der Waals surface area contributed by atoms with E-state index in [0.717, 1.165) is 12.8 Å². The lowest BCUT2D eigenvalue weighted by Gasteiger charge is -2.12. The molecule has 0 heterocycles. The molecular formula is C24H29N3O6S. The summed E-state index contributed by atoms with van der Waals surface area (Å²) < 4.78 is 15.7. The van der Waals surface area contributed by atoms with Crippen molar-refractivity contribution in [3.63, 3.8) is 0 Å². The summed E-state index contributed by atoms with van der Waals surface area (Å²) in [5.74, 6) is -0.303. The molecule has 0 aromatic heterocycles. The first-order valence-corrected chi connectivity index (χ1v) is 11.2. The van der Waals surface area contributed by atoms with E-state index >= 15 is 0 Å². The first kappa shape index (κ1) is 26.6. The van der Waals surface area contributed by atoms with Crippen LogP contribution in [0.25, 0.3) is 0 Å². The number of hydrazine groups is 1. The van der Waals surface area contributed by atoms with Crippen LogP contribution in [0.15, 0.2) is 54.6 Å². The number of rotatable bonds is 12. The van der Waals surface area contributed by atoms with Crippen molar-refractivity contribution in [2.45, 2.75) is 32.1 Å². The predicted molar refractivity (Wildman–Crippen MR) is 130 cm³/mol. The van der Waals surface area contributed by atoms with Crippen molar-refractivity contribution in [2.75, 3.05) is 20.3 Å². The fraction of sp³-hybridized carbons (Fsp3) is 0.333. The number of hydrogen-bond acceptors (Lipinski definition) is 7. The van der Waals surface area contributed by atoms with Crippen LogP contribution in [0.5, 0.6) is 11.5 Å². The lowest BCUT2D eigenvalue weighted by atomic mass is 10.1. The molecule has 0 aliphatic heterocycles. The van der Waals surface area contributed by atoms with Gasteiger partial charge < -0.3 is 19.5 Å². The van der Waals surface area contributed by atoms with Crippen LogP contribution in [0.3, 0.4) is 0 Å². The number of amides is 2. The minimum atomic E-state index is -0.502. The number of benzene rings is 2. The minimum absolute atomic E-state index is 0.0702. The zero-order valence-electron chi connectivity index (χ0n) is 19.0. The van der Waals surface area contributed by atoms with Gasteiger partial charge in [0, 0.05) is 12.8 Å². The molecule has 0 aliphatic rings. The molecule has 0 aliphatic carbocycles. The van der Waals surface area contributed by atoms with Crippen LogP contribution >= 0.6 is 12.2 Å². The molecule has 2 amide bonds. The van der Waals surface area contributed by atoms with E-state index in [4.69, 9.17) is 26.4 Å². The Kier molecular flexibility index (Phi) is 11.9. The molecule has 0 unspecified atom stereocenters. The van der Waals surface area contributed by atoms with Crippen LogP contribution in [0, 0.1) is 0 Å². The fourth-order valence-corrected chi connectivity index (χ4v) is 3.00. The van der Waals surface area contributed by atoms with Gasteiger partial charge in [-0.3, -0.25) is 25.2 Å². The number of methoxy groups -OCH3 is 1. The third-order valence-electron chi connectivity index (χ3n) is 4.50. The number of esters is 1. The normalized spacial score (nSPS) is 10.0. The number of nitrogens with one attached hydrogen (secondary N) is 3. The molecule has 0 atom stereocenters. The highest BCUT2D eigenvalue weighted by Gasteiger charge is 2.10. The molecule has 2 aromatic rings. The number of ether oxygens (including phenoxy) is 3. The van der Waals surface area contributed by atoms with Crippen LogP contribution in [0.2, 0.25) is 0 Å². The maximum Gasteiger partial charge on any atom is 0.305 e. The van der Waals surface area contributed by atoms with Crippen molar-refractivity contribution < 1.29 is 28.6 Å². The Morgan fingerprint density at radius 2 is 1.56 bits per heavy atom. The second kappa shape index (κ2) is 15.2. The van der Waals surface area contributed by atoms with Crippen molar-refractivity contribution in [1.29, 1.82) is 0 Å². The average Bonchev–Trinajstić information content (AvgIpc) is 2.85. The molecule has 0 saturated heterocycles. The lowest BCUT2D eigenvalue weighted by Crippen LogP contribution is -2.49. The van der Waals surface area contributed by atoms with Crippen molar-refractivity contribution in [3.8, 4) is 11.5 Å². The van der Waals surface area contributed by atoms with E-state index in [-0.39, 0.29) is 36.4 Å². The van der Waals surface area contributed by atoms with Crippen LogP contribution in [-0.4, -0.2) is 43.2 Å². The minimum Gasteiger partial charge on any atom is -0.493 e. The number of carbonyl (C=O) groups is 3. The zero-order chi connectivity index (χ0) is 24.6. The van der Waals surface area contributed by atoms with Crippen molar-refractivity contribution in [3.05, 3.63) is 60.2 Å². The Balaban J connectivity index is 1.51. The summed E-state index contributed by atoms with van der Waals surface area (Å²) in [6, 6.07) is 16.9. The molecule has 2 aromatic carbocycles. The van der Waals surface area contributed by atoms with Gasteiger partial charge in [0.05, 0.1) is 13.7 Å². The van der Waals surface area contributed by atoms with Gasteiger partial charge in [-0.15, -0.1) is 0 Å². The van der Waals surface area contributed by atoms with Crippen molar-refractivity contribution >= 4 is 35.1 Å². The molecule has 10 heteroatoms. The standard InChI is InChI=1S/C24H29N3O6S/c1-31-19-12-5-6-13-20(19)33-17-22(29)26-27-24(34)25-21(28)14-7-15-23(30)32-16-8-11-18-9-3-2-4-10-18/h2-6,9-10,12-13H,7-8,11,14-17H2,1H3,(H,26,29)(H2,25,27,28,34). The lowest BCUT2D eigenvalue weighted by molar-refractivity contribution is -0.143. The highest BCUT2D eigenvalue weighted by molar-refractivity contribution is 7.80. The Labute approximate surface area is 204 Å². The van der Waals surface area contributed by atoms with E-state index in [1.807, 2.05) is 30.3 Å². The zero-order valence-corrected chi connectivity index (χ0v) is 19.8. The second-order valence-corrected chi connectivity index (χ2v) is 7.56. The highest BCUT2D eigenvalue weighted by Crippen LogP contribution is 2.25. The van der Waals surface area contributed by atoms with E-state index in [1.54, 1.807) is 24.3 Å². The number of carbonyl (C=O) groups excluding carboxylic acids is 3. The highest BCUT2D eigenvalue weighted by atomic mass is 32.1. The smallest absolute Gasteiger partial charge is 0.305 e. The van der Waals surface area contributed by atoms with Gasteiger partial charge in [-0.1, -0.05) is 42.5 Å². The summed E-state index contributed by atoms with van der Waals surface area (Å²) in [6.45, 7) is 0.0613. The maximum absolute atomic E-state index is 11.9. The quantitative estimate of drug-likeness (QED) is 0.181. The van der Waals surface area contributed by atoms with E-state index in [9.17, 15) is 14.4 Å². The summed E-state index contributed by atoms with van der Waals surface area (Å²) in [6.07, 6.45) is 2.13. The Bertz CT molecular complexity index is 955. The van der Waals surface area contributed by atoms with E-state index in [1.165, 1.54) is 12.7 Å². The Morgan fingerprint density at radius 3 is 2.29 bits per heavy atom. The summed E-state index contributed by atoms with van der Waals surface area (Å²) in [7, 11) is 1.50. The molecule has 9 nitrogen and oxygen atoms in total. The van der Waals surface area contributed by atoms with Gasteiger partial charge in [0.1, 0.15) is 0 Å². The monoisotopic (exact) mass is 487 g/mol. The van der Waals surface area contributed by atoms with Crippen LogP contribution in [0.1, 0.15) is 31.2 Å². The molecule has 0 spiro atoms. The van der Waals surface area contributed by atoms with Gasteiger partial charge in [-0.25, -0.2) is 0 Å². The summed E-state index contributed by atoms with van der Waals surface area (Å²) in [5, 5.41) is 2.36. The molecule has 182 valence electrons. The second-order valence-electron chi connectivity index (χ2n) is 7.15. The number of para-hydroxylation sites is 2. The predicted octanol–water partition coefficient (Wildman–Crippen LogP) is 2.44. The van der Waals surface area contributed by atoms with Crippen LogP contribution in [-0.2, 0) is 25.5 Å². The topological polar surface area (TPSA) is 115 Å². The first-order valence-electron chi connectivity index (χ1n) is 10.8. The molecule has 0 saturated carbocycles. The third kappa shape index (κ3) is 10.8. The van der Waals surface area contributed by atoms with Gasteiger partial charge in [-0.2, -0.15) is 0 Å². The first-order chi connectivity index (χ1) is 16.5. The van der Waals surface area contributed by atoms with Gasteiger partial charge in [0.2, 0.25) is 5.91 Å². The molecular weight excluding hydrogens is 458 g/mol. The van der Waals surface area contributed by atoms with Gasteiger partial charge >= 0.3 is 5.97 Å². The molecule has 3 N–H and O–H groups in total. The molecule has 0 radical (unpaired) electrons. The summed E-state index contributed by atoms with van der Waals surface area (Å²) in [4.78, 5) is 35.6. The maximum atomic E-state index is 11.9. The van der Waals surface area contributed by atoms with E-state index in [2.05, 4.69) is 16.2 Å². The SMILES string of the molecule is COc1ccccc1OCC(=O)NNC(=S)NC(=O)CCCC(=O)OCCCc1ccccc1. The van der Waals surface area contributed by atoms with E-state index < -0.39 is 5.91 Å².